The quantitative estimate of drug-likeness (QED) is 0.869. The number of nitrogens with one attached hydrogen (secondary N) is 1. The van der Waals surface area contributed by atoms with Gasteiger partial charge in [-0.2, -0.15) is 0 Å². The summed E-state index contributed by atoms with van der Waals surface area (Å²) in [4.78, 5) is 6.70. The third-order valence-corrected chi connectivity index (χ3v) is 5.43. The second kappa shape index (κ2) is 6.43. The lowest BCUT2D eigenvalue weighted by Crippen LogP contribution is -2.28. The molecule has 0 spiro atoms. The fourth-order valence-corrected chi connectivity index (χ4v) is 3.58. The first-order valence-corrected chi connectivity index (χ1v) is 9.01. The molecule has 1 aliphatic heterocycles. The van der Waals surface area contributed by atoms with E-state index in [4.69, 9.17) is 0 Å². The molecule has 1 aromatic heterocycles. The van der Waals surface area contributed by atoms with Crippen molar-refractivity contribution in [3.05, 3.63) is 18.3 Å². The van der Waals surface area contributed by atoms with E-state index in [9.17, 15) is 8.42 Å². The lowest BCUT2D eigenvalue weighted by molar-refractivity contribution is 0.593. The highest BCUT2D eigenvalue weighted by atomic mass is 32.2. The summed E-state index contributed by atoms with van der Waals surface area (Å²) in [5.74, 6) is 1.27. The Morgan fingerprint density at radius 1 is 1.40 bits per heavy atom. The van der Waals surface area contributed by atoms with Crippen LogP contribution in [-0.4, -0.2) is 44.0 Å². The molecule has 0 radical (unpaired) electrons. The van der Waals surface area contributed by atoms with E-state index in [0.717, 1.165) is 24.6 Å². The predicted octanol–water partition coefficient (Wildman–Crippen LogP) is 1.92. The van der Waals surface area contributed by atoms with Crippen LogP contribution in [0, 0.1) is 0 Å². The number of pyridine rings is 1. The van der Waals surface area contributed by atoms with Crippen molar-refractivity contribution in [2.75, 3.05) is 34.8 Å². The largest absolute Gasteiger partial charge is 0.379 e. The van der Waals surface area contributed by atoms with E-state index in [1.54, 1.807) is 13.1 Å². The van der Waals surface area contributed by atoms with Gasteiger partial charge in [0.25, 0.3) is 0 Å². The normalized spacial score (nSPS) is 17.2. The Labute approximate surface area is 121 Å². The van der Waals surface area contributed by atoms with Crippen molar-refractivity contribution < 1.29 is 8.42 Å². The number of anilines is 2. The number of aromatic nitrogens is 1. The fourth-order valence-electron chi connectivity index (χ4n) is 2.50. The highest BCUT2D eigenvalue weighted by Gasteiger charge is 2.19. The van der Waals surface area contributed by atoms with Crippen LogP contribution in [0.1, 0.15) is 26.7 Å². The van der Waals surface area contributed by atoms with Crippen molar-refractivity contribution in [2.45, 2.75) is 32.7 Å². The van der Waals surface area contributed by atoms with E-state index < -0.39 is 9.84 Å². The van der Waals surface area contributed by atoms with Crippen LogP contribution in [0.2, 0.25) is 0 Å². The summed E-state index contributed by atoms with van der Waals surface area (Å²) in [7, 11) is -2.97. The van der Waals surface area contributed by atoms with E-state index >= 15 is 0 Å². The van der Waals surface area contributed by atoms with Crippen LogP contribution >= 0.6 is 0 Å². The molecule has 1 unspecified atom stereocenters. The van der Waals surface area contributed by atoms with Crippen molar-refractivity contribution in [3.8, 4) is 0 Å². The zero-order valence-electron chi connectivity index (χ0n) is 12.2. The van der Waals surface area contributed by atoms with Gasteiger partial charge >= 0.3 is 0 Å². The maximum Gasteiger partial charge on any atom is 0.152 e. The van der Waals surface area contributed by atoms with Crippen LogP contribution in [0.15, 0.2) is 18.3 Å². The molecule has 2 heterocycles. The van der Waals surface area contributed by atoms with Gasteiger partial charge in [-0.3, -0.25) is 0 Å². The van der Waals surface area contributed by atoms with Gasteiger partial charge in [0.1, 0.15) is 0 Å². The molecule has 6 heteroatoms. The zero-order valence-corrected chi connectivity index (χ0v) is 13.0. The van der Waals surface area contributed by atoms with Crippen molar-refractivity contribution >= 4 is 21.3 Å². The molecule has 112 valence electrons. The van der Waals surface area contributed by atoms with Crippen LogP contribution in [0.4, 0.5) is 11.5 Å². The number of nitrogens with zero attached hydrogens (tertiary/aromatic N) is 2. The molecule has 1 N–H and O–H groups in total. The summed E-state index contributed by atoms with van der Waals surface area (Å²) in [5.41, 5.74) is 0.924. The third-order valence-electron chi connectivity index (χ3n) is 3.54. The minimum atomic E-state index is -2.97. The van der Waals surface area contributed by atoms with Crippen LogP contribution < -0.4 is 10.2 Å². The minimum Gasteiger partial charge on any atom is -0.379 e. The SMILES string of the molecule is CCS(=O)(=O)CC(C)Nc1cccnc1N1CCCC1. The first kappa shape index (κ1) is 15.1. The molecular formula is C14H23N3O2S. The Morgan fingerprint density at radius 2 is 2.10 bits per heavy atom. The smallest absolute Gasteiger partial charge is 0.152 e. The molecule has 0 aromatic carbocycles. The molecule has 20 heavy (non-hydrogen) atoms. The lowest BCUT2D eigenvalue weighted by atomic mass is 10.3. The second-order valence-corrected chi connectivity index (χ2v) is 7.71. The zero-order chi connectivity index (χ0) is 14.6. The van der Waals surface area contributed by atoms with Crippen molar-refractivity contribution in [3.63, 3.8) is 0 Å². The third kappa shape index (κ3) is 3.85. The fraction of sp³-hybridized carbons (Fsp3) is 0.643. The average molecular weight is 297 g/mol. The van der Waals surface area contributed by atoms with E-state index in [2.05, 4.69) is 15.2 Å². The predicted molar refractivity (Wildman–Crippen MR) is 83.1 cm³/mol. The van der Waals surface area contributed by atoms with Crippen LogP contribution in [-0.2, 0) is 9.84 Å². The Balaban J connectivity index is 2.09. The maximum absolute atomic E-state index is 11.7. The van der Waals surface area contributed by atoms with E-state index in [1.165, 1.54) is 12.8 Å². The van der Waals surface area contributed by atoms with E-state index in [0.29, 0.717) is 0 Å². The lowest BCUT2D eigenvalue weighted by Gasteiger charge is -2.22. The Bertz CT molecular complexity index is 539. The van der Waals surface area contributed by atoms with Gasteiger partial charge in [0.2, 0.25) is 0 Å². The van der Waals surface area contributed by atoms with Crippen LogP contribution in [0.3, 0.4) is 0 Å². The summed E-state index contributed by atoms with van der Waals surface area (Å²) in [6.07, 6.45) is 4.16. The highest BCUT2D eigenvalue weighted by Crippen LogP contribution is 2.26. The van der Waals surface area contributed by atoms with Gasteiger partial charge in [0, 0.05) is 31.1 Å². The van der Waals surface area contributed by atoms with Gasteiger partial charge < -0.3 is 10.2 Å². The minimum absolute atomic E-state index is 0.120. The van der Waals surface area contributed by atoms with Gasteiger partial charge in [-0.25, -0.2) is 13.4 Å². The molecule has 5 nitrogen and oxygen atoms in total. The number of hydrogen-bond acceptors (Lipinski definition) is 5. The van der Waals surface area contributed by atoms with Gasteiger partial charge in [0.05, 0.1) is 11.4 Å². The summed E-state index contributed by atoms with van der Waals surface area (Å²) in [6, 6.07) is 3.73. The number of rotatable bonds is 6. The second-order valence-electron chi connectivity index (χ2n) is 5.31. The topological polar surface area (TPSA) is 62.3 Å². The molecule has 1 aliphatic rings. The first-order chi connectivity index (χ1) is 9.52. The molecule has 0 bridgehead atoms. The molecule has 0 saturated carbocycles. The molecule has 0 aliphatic carbocycles. The summed E-state index contributed by atoms with van der Waals surface area (Å²) in [6.45, 7) is 5.62. The molecule has 2 rings (SSSR count). The molecule has 0 amide bonds. The van der Waals surface area contributed by atoms with Crippen molar-refractivity contribution in [2.24, 2.45) is 0 Å². The van der Waals surface area contributed by atoms with Gasteiger partial charge in [-0.05, 0) is 31.9 Å². The standard InChI is InChI=1S/C14H23N3O2S/c1-3-20(18,19)11-12(2)16-13-7-6-8-15-14(13)17-9-4-5-10-17/h6-8,12,16H,3-5,9-11H2,1-2H3. The summed E-state index contributed by atoms with van der Waals surface area (Å²) in [5, 5.41) is 3.29. The molecule has 1 saturated heterocycles. The van der Waals surface area contributed by atoms with Crippen LogP contribution in [0.5, 0.6) is 0 Å². The maximum atomic E-state index is 11.7. The van der Waals surface area contributed by atoms with Gasteiger partial charge in [-0.15, -0.1) is 0 Å². The van der Waals surface area contributed by atoms with E-state index in [-0.39, 0.29) is 17.5 Å². The first-order valence-electron chi connectivity index (χ1n) is 7.19. The van der Waals surface area contributed by atoms with Gasteiger partial charge in [-0.1, -0.05) is 6.92 Å². The molecule has 1 aromatic rings. The average Bonchev–Trinajstić information content (AvgIpc) is 2.92. The summed E-state index contributed by atoms with van der Waals surface area (Å²) >= 11 is 0. The Hall–Kier alpha value is -1.30. The summed E-state index contributed by atoms with van der Waals surface area (Å²) < 4.78 is 23.4. The number of hydrogen-bond donors (Lipinski definition) is 1. The molecule has 1 fully saturated rings. The Morgan fingerprint density at radius 3 is 2.75 bits per heavy atom. The number of sulfone groups is 1. The van der Waals surface area contributed by atoms with Crippen molar-refractivity contribution in [1.29, 1.82) is 0 Å². The molecule has 1 atom stereocenters. The highest BCUT2D eigenvalue weighted by molar-refractivity contribution is 7.91. The van der Waals surface area contributed by atoms with Gasteiger partial charge in [0.15, 0.2) is 15.7 Å². The van der Waals surface area contributed by atoms with E-state index in [1.807, 2.05) is 19.1 Å². The van der Waals surface area contributed by atoms with Crippen molar-refractivity contribution in [1.82, 2.24) is 4.98 Å². The molecular weight excluding hydrogens is 274 g/mol. The monoisotopic (exact) mass is 297 g/mol. The Kier molecular flexibility index (Phi) is 4.86. The van der Waals surface area contributed by atoms with Crippen LogP contribution in [0.25, 0.3) is 0 Å².